The number of hydrogen-bond donors (Lipinski definition) is 5. The molecule has 14 heteroatoms. The molecular formula is C22H31N3O11. The zero-order valence-corrected chi connectivity index (χ0v) is 19.6. The molecule has 0 fully saturated rings. The second kappa shape index (κ2) is 16.1. The van der Waals surface area contributed by atoms with E-state index in [1.54, 1.807) is 24.3 Å². The summed E-state index contributed by atoms with van der Waals surface area (Å²) in [7, 11) is 0. The highest BCUT2D eigenvalue weighted by Gasteiger charge is 2.28. The minimum Gasteiger partial charge on any atom is -0.480 e. The lowest BCUT2D eigenvalue weighted by Crippen LogP contribution is -2.51. The number of aliphatic carboxylic acids is 5. The average Bonchev–Trinajstić information content (AvgIpc) is 2.76. The number of carboxylic acid groups (broad SMARTS) is 5. The van der Waals surface area contributed by atoms with E-state index in [2.05, 4.69) is 0 Å². The molecule has 0 saturated carbocycles. The molecule has 0 amide bonds. The molecule has 5 N–H and O–H groups in total. The van der Waals surface area contributed by atoms with Crippen molar-refractivity contribution in [3.05, 3.63) is 35.9 Å². The van der Waals surface area contributed by atoms with Crippen LogP contribution in [-0.4, -0.2) is 135 Å². The number of nitrogens with zero attached hydrogens (tertiary/aromatic N) is 3. The molecule has 0 aromatic heterocycles. The van der Waals surface area contributed by atoms with Crippen molar-refractivity contribution < 1.29 is 54.2 Å². The van der Waals surface area contributed by atoms with E-state index in [9.17, 15) is 29.1 Å². The van der Waals surface area contributed by atoms with Gasteiger partial charge in [-0.3, -0.25) is 38.7 Å². The third-order valence-electron chi connectivity index (χ3n) is 4.96. The van der Waals surface area contributed by atoms with Crippen molar-refractivity contribution in [3.63, 3.8) is 0 Å². The Morgan fingerprint density at radius 3 is 1.44 bits per heavy atom. The minimum absolute atomic E-state index is 0.0970. The van der Waals surface area contributed by atoms with E-state index in [1.807, 2.05) is 6.07 Å². The topological polar surface area (TPSA) is 205 Å². The molecule has 0 spiro atoms. The molecule has 0 aliphatic heterocycles. The minimum atomic E-state index is -1.27. The van der Waals surface area contributed by atoms with Crippen LogP contribution in [0.15, 0.2) is 30.3 Å². The summed E-state index contributed by atoms with van der Waals surface area (Å²) in [6.45, 7) is -2.97. The van der Waals surface area contributed by atoms with Crippen molar-refractivity contribution in [2.45, 2.75) is 12.6 Å². The summed E-state index contributed by atoms with van der Waals surface area (Å²) in [5.41, 5.74) is 0.802. The van der Waals surface area contributed by atoms with Gasteiger partial charge in [0.1, 0.15) is 6.04 Å². The lowest BCUT2D eigenvalue weighted by molar-refractivity contribution is -0.148. The standard InChI is InChI=1S/C22H31N3O11/c26-18(27)10-23(11-19(28)29)6-8-25(9-7-24(12-20(30)31)13-21(32)33)17(22(34)35)15-36-14-16-4-2-1-3-5-16/h1-5,17H,6-15H2,(H,26,27)(H,28,29)(H,30,31)(H,32,33)(H,34,35)/t17-/m0/s1. The Morgan fingerprint density at radius 1 is 0.667 bits per heavy atom. The second-order valence-electron chi connectivity index (χ2n) is 7.89. The van der Waals surface area contributed by atoms with Crippen LogP contribution in [0.5, 0.6) is 0 Å². The van der Waals surface area contributed by atoms with Gasteiger partial charge in [-0.1, -0.05) is 30.3 Å². The molecule has 0 heterocycles. The van der Waals surface area contributed by atoms with Gasteiger partial charge in [0.2, 0.25) is 0 Å². The summed E-state index contributed by atoms with van der Waals surface area (Å²) in [5.74, 6) is -6.33. The van der Waals surface area contributed by atoms with Crippen LogP contribution in [0.3, 0.4) is 0 Å². The molecule has 0 saturated heterocycles. The zero-order valence-electron chi connectivity index (χ0n) is 19.6. The first kappa shape index (κ1) is 30.4. The number of hydrogen-bond acceptors (Lipinski definition) is 9. The SMILES string of the molecule is O=C(O)CN(CCN(CCN(CC(=O)O)CC(=O)O)[C@@H](COCc1ccccc1)C(=O)O)CC(=O)O. The summed E-state index contributed by atoms with van der Waals surface area (Å²) in [5, 5.41) is 46.0. The molecule has 14 nitrogen and oxygen atoms in total. The largest absolute Gasteiger partial charge is 0.480 e. The number of rotatable bonds is 20. The molecule has 200 valence electrons. The monoisotopic (exact) mass is 513 g/mol. The summed E-state index contributed by atoms with van der Waals surface area (Å²) < 4.78 is 5.57. The van der Waals surface area contributed by atoms with E-state index in [1.165, 1.54) is 4.90 Å². The third-order valence-corrected chi connectivity index (χ3v) is 4.96. The summed E-state index contributed by atoms with van der Waals surface area (Å²) >= 11 is 0. The molecule has 0 radical (unpaired) electrons. The van der Waals surface area contributed by atoms with E-state index < -0.39 is 62.1 Å². The Hall–Kier alpha value is -3.59. The molecule has 0 aliphatic rings. The number of benzene rings is 1. The molecule has 0 unspecified atom stereocenters. The fourth-order valence-corrected chi connectivity index (χ4v) is 3.35. The summed E-state index contributed by atoms with van der Waals surface area (Å²) in [6, 6.07) is 7.72. The molecule has 36 heavy (non-hydrogen) atoms. The lowest BCUT2D eigenvalue weighted by atomic mass is 10.2. The van der Waals surface area contributed by atoms with E-state index in [4.69, 9.17) is 25.2 Å². The Kier molecular flexibility index (Phi) is 13.7. The molecule has 1 aromatic carbocycles. The van der Waals surface area contributed by atoms with Gasteiger partial charge >= 0.3 is 29.8 Å². The van der Waals surface area contributed by atoms with Crippen LogP contribution in [0.2, 0.25) is 0 Å². The van der Waals surface area contributed by atoms with Gasteiger partial charge in [0.25, 0.3) is 0 Å². The Labute approximate surface area is 206 Å². The maximum atomic E-state index is 12.1. The van der Waals surface area contributed by atoms with Crippen molar-refractivity contribution in [1.82, 2.24) is 14.7 Å². The first-order valence-corrected chi connectivity index (χ1v) is 10.9. The van der Waals surface area contributed by atoms with Crippen molar-refractivity contribution in [2.75, 3.05) is 59.0 Å². The van der Waals surface area contributed by atoms with Gasteiger partial charge in [0, 0.05) is 26.2 Å². The van der Waals surface area contributed by atoms with E-state index in [0.717, 1.165) is 15.4 Å². The van der Waals surface area contributed by atoms with Crippen molar-refractivity contribution in [3.8, 4) is 0 Å². The van der Waals surface area contributed by atoms with Gasteiger partial charge in [-0.05, 0) is 5.56 Å². The number of carboxylic acids is 5. The van der Waals surface area contributed by atoms with Gasteiger partial charge in [-0.25, -0.2) is 0 Å². The van der Waals surface area contributed by atoms with Crippen LogP contribution >= 0.6 is 0 Å². The molecular weight excluding hydrogens is 482 g/mol. The van der Waals surface area contributed by atoms with Gasteiger partial charge in [-0.15, -0.1) is 0 Å². The maximum Gasteiger partial charge on any atom is 0.323 e. The smallest absolute Gasteiger partial charge is 0.323 e. The Bertz CT molecular complexity index is 809. The molecule has 1 rings (SSSR count). The predicted octanol–water partition coefficient (Wildman–Crippen LogP) is -1.10. The third kappa shape index (κ3) is 13.3. The van der Waals surface area contributed by atoms with Gasteiger partial charge in [-0.2, -0.15) is 0 Å². The highest BCUT2D eigenvalue weighted by Crippen LogP contribution is 2.07. The molecule has 0 bridgehead atoms. The van der Waals surface area contributed by atoms with Gasteiger partial charge in [0.05, 0.1) is 39.4 Å². The molecule has 0 aliphatic carbocycles. The van der Waals surface area contributed by atoms with Gasteiger partial charge in [0.15, 0.2) is 0 Å². The Balaban J connectivity index is 3.00. The van der Waals surface area contributed by atoms with Crippen LogP contribution in [0.1, 0.15) is 5.56 Å². The molecule has 1 atom stereocenters. The first-order valence-electron chi connectivity index (χ1n) is 10.9. The van der Waals surface area contributed by atoms with Crippen molar-refractivity contribution in [1.29, 1.82) is 0 Å². The normalized spacial score (nSPS) is 12.1. The van der Waals surface area contributed by atoms with Crippen LogP contribution < -0.4 is 0 Å². The van der Waals surface area contributed by atoms with Crippen molar-refractivity contribution >= 4 is 29.8 Å². The highest BCUT2D eigenvalue weighted by molar-refractivity contribution is 5.74. The van der Waals surface area contributed by atoms with Crippen LogP contribution in [0.4, 0.5) is 0 Å². The molecule has 1 aromatic rings. The van der Waals surface area contributed by atoms with E-state index >= 15 is 0 Å². The Morgan fingerprint density at radius 2 is 1.08 bits per heavy atom. The number of carbonyl (C=O) groups is 5. The highest BCUT2D eigenvalue weighted by atomic mass is 16.5. The zero-order chi connectivity index (χ0) is 27.1. The predicted molar refractivity (Wildman–Crippen MR) is 123 cm³/mol. The summed E-state index contributed by atoms with van der Waals surface area (Å²) in [6.07, 6.45) is 0. The summed E-state index contributed by atoms with van der Waals surface area (Å²) in [4.78, 5) is 60.0. The quantitative estimate of drug-likeness (QED) is 0.140. The second-order valence-corrected chi connectivity index (χ2v) is 7.89. The van der Waals surface area contributed by atoms with E-state index in [-0.39, 0.29) is 39.4 Å². The van der Waals surface area contributed by atoms with E-state index in [0.29, 0.717) is 0 Å². The first-order chi connectivity index (χ1) is 17.0. The van der Waals surface area contributed by atoms with Crippen LogP contribution in [0.25, 0.3) is 0 Å². The fourth-order valence-electron chi connectivity index (χ4n) is 3.35. The van der Waals surface area contributed by atoms with Crippen molar-refractivity contribution in [2.24, 2.45) is 0 Å². The fraction of sp³-hybridized carbons (Fsp3) is 0.500. The van der Waals surface area contributed by atoms with Gasteiger partial charge < -0.3 is 30.3 Å². The van der Waals surface area contributed by atoms with Crippen LogP contribution in [-0.2, 0) is 35.3 Å². The number of ether oxygens (including phenoxy) is 1. The lowest BCUT2D eigenvalue weighted by Gasteiger charge is -2.32. The van der Waals surface area contributed by atoms with Crippen LogP contribution in [0, 0.1) is 0 Å². The maximum absolute atomic E-state index is 12.1. The average molecular weight is 514 g/mol.